The quantitative estimate of drug-likeness (QED) is 0.603. The summed E-state index contributed by atoms with van der Waals surface area (Å²) < 4.78 is 6.72. The van der Waals surface area contributed by atoms with Gasteiger partial charge in [-0.05, 0) is 56.5 Å². The van der Waals surface area contributed by atoms with Gasteiger partial charge in [0, 0.05) is 17.6 Å². The molecule has 0 aliphatic carbocycles. The van der Waals surface area contributed by atoms with Crippen molar-refractivity contribution in [2.24, 2.45) is 0 Å². The van der Waals surface area contributed by atoms with Crippen molar-refractivity contribution in [2.75, 3.05) is 13.2 Å². The molecule has 6 heteroatoms. The van der Waals surface area contributed by atoms with Crippen LogP contribution in [0.4, 0.5) is 0 Å². The molecule has 0 saturated carbocycles. The van der Waals surface area contributed by atoms with Gasteiger partial charge in [0.25, 0.3) is 5.91 Å². The Morgan fingerprint density at radius 1 is 1.14 bits per heavy atom. The fraction of sp³-hybridized carbons (Fsp3) is 0.391. The van der Waals surface area contributed by atoms with Gasteiger partial charge in [-0.3, -0.25) is 9.59 Å². The average Bonchev–Trinajstić information content (AvgIpc) is 2.68. The first-order chi connectivity index (χ1) is 13.8. The van der Waals surface area contributed by atoms with E-state index in [9.17, 15) is 9.59 Å². The van der Waals surface area contributed by atoms with Crippen molar-refractivity contribution in [3.63, 3.8) is 0 Å². The highest BCUT2D eigenvalue weighted by Gasteiger charge is 2.28. The Morgan fingerprint density at radius 3 is 2.52 bits per heavy atom. The number of rotatable bonds is 9. The van der Waals surface area contributed by atoms with Crippen LogP contribution in [0.1, 0.15) is 37.0 Å². The largest absolute Gasteiger partial charge is 0.484 e. The molecular weight excluding hydrogens is 432 g/mol. The molecule has 1 N–H and O–H groups in total. The molecule has 1 atom stereocenters. The van der Waals surface area contributed by atoms with Crippen molar-refractivity contribution < 1.29 is 14.3 Å². The zero-order valence-corrected chi connectivity index (χ0v) is 19.1. The number of hydrogen-bond donors (Lipinski definition) is 1. The van der Waals surface area contributed by atoms with Crippen molar-refractivity contribution in [1.82, 2.24) is 10.2 Å². The van der Waals surface area contributed by atoms with E-state index in [0.29, 0.717) is 25.3 Å². The monoisotopic (exact) mass is 460 g/mol. The molecule has 0 spiro atoms. The first kappa shape index (κ1) is 22.9. The maximum Gasteiger partial charge on any atom is 0.261 e. The van der Waals surface area contributed by atoms with E-state index in [0.717, 1.165) is 21.2 Å². The number of carbonyl (C=O) groups excluding carboxylic acids is 2. The summed E-state index contributed by atoms with van der Waals surface area (Å²) in [5, 5.41) is 2.84. The summed E-state index contributed by atoms with van der Waals surface area (Å²) in [7, 11) is 0. The predicted molar refractivity (Wildman–Crippen MR) is 119 cm³/mol. The molecule has 0 saturated heterocycles. The molecule has 2 aromatic carbocycles. The molecule has 0 fully saturated rings. The topological polar surface area (TPSA) is 58.6 Å². The number of nitrogens with zero attached hydrogens (tertiary/aromatic N) is 1. The molecule has 2 aromatic rings. The van der Waals surface area contributed by atoms with Gasteiger partial charge < -0.3 is 15.0 Å². The lowest BCUT2D eigenvalue weighted by Crippen LogP contribution is -2.50. The number of nitrogens with one attached hydrogen (secondary N) is 1. The van der Waals surface area contributed by atoms with Crippen LogP contribution >= 0.6 is 15.9 Å². The van der Waals surface area contributed by atoms with Gasteiger partial charge in [-0.25, -0.2) is 0 Å². The van der Waals surface area contributed by atoms with E-state index in [-0.39, 0.29) is 18.4 Å². The highest BCUT2D eigenvalue weighted by molar-refractivity contribution is 9.10. The van der Waals surface area contributed by atoms with Gasteiger partial charge in [0.2, 0.25) is 5.91 Å². The SMILES string of the molecule is CCNC(=O)[C@H](CC)N(Cc1cccc(C)c1)C(=O)COc1ccc(Br)c(C)c1. The minimum atomic E-state index is -0.543. The zero-order valence-electron chi connectivity index (χ0n) is 17.5. The van der Waals surface area contributed by atoms with E-state index < -0.39 is 6.04 Å². The van der Waals surface area contributed by atoms with Gasteiger partial charge in [0.15, 0.2) is 6.61 Å². The summed E-state index contributed by atoms with van der Waals surface area (Å²) in [5.41, 5.74) is 3.13. The Bertz CT molecular complexity index is 854. The zero-order chi connectivity index (χ0) is 21.4. The molecule has 0 bridgehead atoms. The average molecular weight is 461 g/mol. The van der Waals surface area contributed by atoms with Crippen molar-refractivity contribution in [2.45, 2.75) is 46.7 Å². The van der Waals surface area contributed by atoms with Crippen LogP contribution in [0.15, 0.2) is 46.9 Å². The maximum absolute atomic E-state index is 13.1. The molecule has 0 aliphatic rings. The Kier molecular flexibility index (Phi) is 8.70. The number of benzene rings is 2. The summed E-state index contributed by atoms with van der Waals surface area (Å²) in [6.07, 6.45) is 0.529. The third-order valence-corrected chi connectivity index (χ3v) is 5.55. The third kappa shape index (κ3) is 6.60. The van der Waals surface area contributed by atoms with Crippen LogP contribution in [0, 0.1) is 13.8 Å². The highest BCUT2D eigenvalue weighted by atomic mass is 79.9. The molecule has 0 aromatic heterocycles. The molecule has 2 amide bonds. The summed E-state index contributed by atoms with van der Waals surface area (Å²) in [6.45, 7) is 8.52. The molecule has 29 heavy (non-hydrogen) atoms. The lowest BCUT2D eigenvalue weighted by Gasteiger charge is -2.30. The minimum Gasteiger partial charge on any atom is -0.484 e. The number of carbonyl (C=O) groups is 2. The van der Waals surface area contributed by atoms with E-state index >= 15 is 0 Å². The molecule has 5 nitrogen and oxygen atoms in total. The summed E-state index contributed by atoms with van der Waals surface area (Å²) >= 11 is 3.46. The van der Waals surface area contributed by atoms with Crippen LogP contribution in [0.3, 0.4) is 0 Å². The van der Waals surface area contributed by atoms with Crippen molar-refractivity contribution in [1.29, 1.82) is 0 Å². The Balaban J connectivity index is 2.20. The lowest BCUT2D eigenvalue weighted by atomic mass is 10.1. The molecule has 0 radical (unpaired) electrons. The molecular formula is C23H29BrN2O3. The highest BCUT2D eigenvalue weighted by Crippen LogP contribution is 2.22. The molecule has 2 rings (SSSR count). The van der Waals surface area contributed by atoms with Crippen LogP contribution < -0.4 is 10.1 Å². The normalized spacial score (nSPS) is 11.6. The second-order valence-electron chi connectivity index (χ2n) is 7.03. The van der Waals surface area contributed by atoms with Gasteiger partial charge in [0.05, 0.1) is 0 Å². The van der Waals surface area contributed by atoms with Crippen molar-refractivity contribution >= 4 is 27.7 Å². The predicted octanol–water partition coefficient (Wildman–Crippen LogP) is 4.39. The van der Waals surface area contributed by atoms with Gasteiger partial charge in [-0.2, -0.15) is 0 Å². The molecule has 0 aliphatic heterocycles. The summed E-state index contributed by atoms with van der Waals surface area (Å²) in [6, 6.07) is 13.0. The second-order valence-corrected chi connectivity index (χ2v) is 7.88. The number of ether oxygens (including phenoxy) is 1. The van der Waals surface area contributed by atoms with E-state index in [1.54, 1.807) is 4.90 Å². The number of hydrogen-bond acceptors (Lipinski definition) is 3. The fourth-order valence-corrected chi connectivity index (χ4v) is 3.40. The van der Waals surface area contributed by atoms with Crippen LogP contribution in [0.25, 0.3) is 0 Å². The van der Waals surface area contributed by atoms with E-state index in [4.69, 9.17) is 4.74 Å². The van der Waals surface area contributed by atoms with E-state index in [1.807, 2.05) is 70.2 Å². The van der Waals surface area contributed by atoms with Crippen LogP contribution in [-0.2, 0) is 16.1 Å². The Morgan fingerprint density at radius 2 is 1.90 bits per heavy atom. The molecule has 156 valence electrons. The first-order valence-corrected chi connectivity index (χ1v) is 10.7. The number of aryl methyl sites for hydroxylation is 2. The molecule has 0 unspecified atom stereocenters. The van der Waals surface area contributed by atoms with Gasteiger partial charge in [-0.15, -0.1) is 0 Å². The number of likely N-dealkylation sites (N-methyl/N-ethyl adjacent to an activating group) is 1. The van der Waals surface area contributed by atoms with Crippen LogP contribution in [-0.4, -0.2) is 35.9 Å². The van der Waals surface area contributed by atoms with Crippen molar-refractivity contribution in [3.05, 3.63) is 63.6 Å². The van der Waals surface area contributed by atoms with Gasteiger partial charge in [-0.1, -0.05) is 52.7 Å². The molecule has 0 heterocycles. The van der Waals surface area contributed by atoms with Crippen LogP contribution in [0.5, 0.6) is 5.75 Å². The Labute approximate surface area is 181 Å². The van der Waals surface area contributed by atoms with Crippen LogP contribution in [0.2, 0.25) is 0 Å². The van der Waals surface area contributed by atoms with E-state index in [1.165, 1.54) is 0 Å². The smallest absolute Gasteiger partial charge is 0.261 e. The summed E-state index contributed by atoms with van der Waals surface area (Å²) in [4.78, 5) is 27.3. The lowest BCUT2D eigenvalue weighted by molar-refractivity contribution is -0.142. The summed E-state index contributed by atoms with van der Waals surface area (Å²) in [5.74, 6) is 0.265. The Hall–Kier alpha value is -2.34. The van der Waals surface area contributed by atoms with Crippen molar-refractivity contribution in [3.8, 4) is 5.75 Å². The minimum absolute atomic E-state index is 0.122. The third-order valence-electron chi connectivity index (χ3n) is 4.66. The fourth-order valence-electron chi connectivity index (χ4n) is 3.15. The second kappa shape index (κ2) is 11.0. The first-order valence-electron chi connectivity index (χ1n) is 9.87. The van der Waals surface area contributed by atoms with Gasteiger partial charge in [0.1, 0.15) is 11.8 Å². The van der Waals surface area contributed by atoms with E-state index in [2.05, 4.69) is 21.2 Å². The number of amides is 2. The standard InChI is InChI=1S/C23H29BrN2O3/c1-5-21(23(28)25-6-2)26(14-18-9-7-8-16(3)12-18)22(27)15-29-19-10-11-20(24)17(4)13-19/h7-13,21H,5-6,14-15H2,1-4H3,(H,25,28)/t21-/m0/s1. The number of halogens is 1. The van der Waals surface area contributed by atoms with Gasteiger partial charge >= 0.3 is 0 Å². The maximum atomic E-state index is 13.1.